The van der Waals surface area contributed by atoms with Gasteiger partial charge in [-0.05, 0) is 72.1 Å². The van der Waals surface area contributed by atoms with Gasteiger partial charge in [0.2, 0.25) is 0 Å². The number of aliphatic hydroxyl groups excluding tert-OH is 1. The Kier molecular flexibility index (Phi) is 6.24. The Labute approximate surface area is 211 Å². The second-order valence-electron chi connectivity index (χ2n) is 8.53. The van der Waals surface area contributed by atoms with Crippen molar-refractivity contribution in [1.29, 1.82) is 0 Å². The van der Waals surface area contributed by atoms with Crippen LogP contribution in [0.4, 0.5) is 4.39 Å². The van der Waals surface area contributed by atoms with Crippen LogP contribution < -0.4 is 4.74 Å². The van der Waals surface area contributed by atoms with Crippen molar-refractivity contribution in [2.75, 3.05) is 13.7 Å². The number of amides is 1. The molecular formula is C28H22ClFN2O4. The zero-order valence-corrected chi connectivity index (χ0v) is 20.1. The first-order valence-electron chi connectivity index (χ1n) is 11.3. The molecule has 8 heteroatoms. The molecule has 1 fully saturated rings. The number of H-pyrrole nitrogens is 1. The number of carbonyl (C=O) groups is 2. The fraction of sp³-hybridized carbons (Fsp3) is 0.143. The summed E-state index contributed by atoms with van der Waals surface area (Å²) in [7, 11) is 1.60. The molecule has 0 bridgehead atoms. The van der Waals surface area contributed by atoms with Crippen molar-refractivity contribution in [3.63, 3.8) is 0 Å². The maximum absolute atomic E-state index is 13.5. The summed E-state index contributed by atoms with van der Waals surface area (Å²) in [4.78, 5) is 31.0. The van der Waals surface area contributed by atoms with Gasteiger partial charge in [0.25, 0.3) is 11.7 Å². The third-order valence-corrected chi connectivity index (χ3v) is 6.69. The van der Waals surface area contributed by atoms with Crippen LogP contribution in [0.25, 0.3) is 16.7 Å². The first kappa shape index (κ1) is 23.6. The number of aliphatic hydroxyl groups is 1. The van der Waals surface area contributed by atoms with Crippen LogP contribution in [-0.4, -0.2) is 40.3 Å². The molecule has 36 heavy (non-hydrogen) atoms. The highest BCUT2D eigenvalue weighted by Gasteiger charge is 2.45. The lowest BCUT2D eigenvalue weighted by molar-refractivity contribution is -0.139. The number of methoxy groups -OCH3 is 1. The van der Waals surface area contributed by atoms with Gasteiger partial charge in [0.05, 0.1) is 18.7 Å². The highest BCUT2D eigenvalue weighted by atomic mass is 35.5. The fourth-order valence-electron chi connectivity index (χ4n) is 4.60. The largest absolute Gasteiger partial charge is 0.507 e. The zero-order chi connectivity index (χ0) is 25.4. The number of ether oxygens (including phenoxy) is 1. The molecule has 1 amide bonds. The van der Waals surface area contributed by atoms with Gasteiger partial charge in [-0.1, -0.05) is 23.7 Å². The van der Waals surface area contributed by atoms with E-state index in [-0.39, 0.29) is 23.4 Å². The first-order valence-corrected chi connectivity index (χ1v) is 11.7. The van der Waals surface area contributed by atoms with E-state index in [0.29, 0.717) is 22.8 Å². The number of aromatic nitrogens is 1. The molecule has 3 aromatic carbocycles. The molecule has 6 nitrogen and oxygen atoms in total. The normalized spacial score (nSPS) is 17.2. The third kappa shape index (κ3) is 4.22. The molecule has 2 heterocycles. The number of fused-ring (bicyclic) bond motifs is 1. The molecule has 182 valence electrons. The minimum Gasteiger partial charge on any atom is -0.507 e. The number of benzene rings is 3. The lowest BCUT2D eigenvalue weighted by Gasteiger charge is -2.25. The van der Waals surface area contributed by atoms with Crippen LogP contribution >= 0.6 is 11.6 Å². The number of likely N-dealkylation sites (tertiary alicyclic amines) is 1. The molecule has 2 N–H and O–H groups in total. The summed E-state index contributed by atoms with van der Waals surface area (Å²) in [6.07, 6.45) is 2.33. The van der Waals surface area contributed by atoms with Crippen LogP contribution in [0, 0.1) is 5.82 Å². The highest BCUT2D eigenvalue weighted by Crippen LogP contribution is 2.40. The molecule has 4 aromatic rings. The van der Waals surface area contributed by atoms with Gasteiger partial charge >= 0.3 is 0 Å². The average Bonchev–Trinajstić information content (AvgIpc) is 3.40. The maximum Gasteiger partial charge on any atom is 0.295 e. The van der Waals surface area contributed by atoms with Gasteiger partial charge < -0.3 is 19.7 Å². The maximum atomic E-state index is 13.5. The van der Waals surface area contributed by atoms with Gasteiger partial charge in [-0.3, -0.25) is 9.59 Å². The minimum absolute atomic E-state index is 0.0467. The van der Waals surface area contributed by atoms with Crippen molar-refractivity contribution in [3.05, 3.63) is 106 Å². The standard InChI is InChI=1S/C28H22ClFN2O4/c1-36-21-10-11-23-22(14-21)18(15-31-23)12-13-32-25(16-2-6-19(29)7-3-16)24(27(34)28(32)35)26(33)17-4-8-20(30)9-5-17/h2-11,14-15,25,31,33H,12-13H2,1H3/b26-24-. The molecule has 0 radical (unpaired) electrons. The van der Waals surface area contributed by atoms with Crippen molar-refractivity contribution >= 4 is 40.0 Å². The van der Waals surface area contributed by atoms with Crippen LogP contribution in [0.15, 0.2) is 78.5 Å². The van der Waals surface area contributed by atoms with Crippen molar-refractivity contribution in [2.24, 2.45) is 0 Å². The van der Waals surface area contributed by atoms with Crippen molar-refractivity contribution in [3.8, 4) is 5.75 Å². The second-order valence-corrected chi connectivity index (χ2v) is 8.96. The lowest BCUT2D eigenvalue weighted by Crippen LogP contribution is -2.31. The van der Waals surface area contributed by atoms with E-state index in [1.807, 2.05) is 24.4 Å². The summed E-state index contributed by atoms with van der Waals surface area (Å²) in [5.41, 5.74) is 2.71. The van der Waals surface area contributed by atoms with E-state index in [4.69, 9.17) is 16.3 Å². The molecule has 0 spiro atoms. The lowest BCUT2D eigenvalue weighted by atomic mass is 9.95. The Morgan fingerprint density at radius 2 is 1.81 bits per heavy atom. The smallest absolute Gasteiger partial charge is 0.295 e. The summed E-state index contributed by atoms with van der Waals surface area (Å²) in [5, 5.41) is 12.5. The van der Waals surface area contributed by atoms with E-state index in [0.717, 1.165) is 16.5 Å². The molecule has 5 rings (SSSR count). The number of nitrogens with zero attached hydrogens (tertiary/aromatic N) is 1. The summed E-state index contributed by atoms with van der Waals surface area (Å²) in [6.45, 7) is 0.224. The average molecular weight is 505 g/mol. The van der Waals surface area contributed by atoms with E-state index in [9.17, 15) is 19.1 Å². The van der Waals surface area contributed by atoms with Crippen molar-refractivity contribution < 1.29 is 23.8 Å². The van der Waals surface area contributed by atoms with E-state index in [2.05, 4.69) is 4.98 Å². The van der Waals surface area contributed by atoms with Crippen LogP contribution in [-0.2, 0) is 16.0 Å². The predicted molar refractivity (Wildman–Crippen MR) is 135 cm³/mol. The van der Waals surface area contributed by atoms with Gasteiger partial charge in [0.15, 0.2) is 0 Å². The highest BCUT2D eigenvalue weighted by molar-refractivity contribution is 6.46. The molecule has 1 atom stereocenters. The van der Waals surface area contributed by atoms with Gasteiger partial charge in [0.1, 0.15) is 17.3 Å². The van der Waals surface area contributed by atoms with Crippen LogP contribution in [0.3, 0.4) is 0 Å². The number of hydrogen-bond acceptors (Lipinski definition) is 4. The van der Waals surface area contributed by atoms with Gasteiger partial charge in [0, 0.05) is 34.2 Å². The summed E-state index contributed by atoms with van der Waals surface area (Å²) >= 11 is 6.07. The molecular weight excluding hydrogens is 483 g/mol. The number of carbonyl (C=O) groups excluding carboxylic acids is 2. The molecule has 1 aliphatic rings. The van der Waals surface area contributed by atoms with Crippen LogP contribution in [0.5, 0.6) is 5.75 Å². The Morgan fingerprint density at radius 3 is 2.50 bits per heavy atom. The summed E-state index contributed by atoms with van der Waals surface area (Å²) < 4.78 is 18.8. The van der Waals surface area contributed by atoms with Gasteiger partial charge in [-0.2, -0.15) is 0 Å². The minimum atomic E-state index is -0.827. The van der Waals surface area contributed by atoms with E-state index < -0.39 is 23.5 Å². The topological polar surface area (TPSA) is 82.6 Å². The molecule has 1 aliphatic heterocycles. The number of rotatable bonds is 6. The number of hydrogen-bond donors (Lipinski definition) is 2. The molecule has 0 saturated carbocycles. The molecule has 1 unspecified atom stereocenters. The summed E-state index contributed by atoms with van der Waals surface area (Å²) in [6, 6.07) is 16.8. The Hall–Kier alpha value is -4.10. The van der Waals surface area contributed by atoms with E-state index in [1.165, 1.54) is 29.2 Å². The molecule has 1 aromatic heterocycles. The van der Waals surface area contributed by atoms with Crippen molar-refractivity contribution in [2.45, 2.75) is 12.5 Å². The predicted octanol–water partition coefficient (Wildman–Crippen LogP) is 5.63. The quantitative estimate of drug-likeness (QED) is 0.202. The Bertz CT molecular complexity index is 1490. The van der Waals surface area contributed by atoms with Gasteiger partial charge in [-0.25, -0.2) is 4.39 Å². The molecule has 1 saturated heterocycles. The van der Waals surface area contributed by atoms with E-state index >= 15 is 0 Å². The molecule has 0 aliphatic carbocycles. The fourth-order valence-corrected chi connectivity index (χ4v) is 4.72. The Balaban J connectivity index is 1.55. The second kappa shape index (κ2) is 9.51. The Morgan fingerprint density at radius 1 is 1.08 bits per heavy atom. The number of nitrogens with one attached hydrogen (secondary N) is 1. The van der Waals surface area contributed by atoms with Gasteiger partial charge in [-0.15, -0.1) is 0 Å². The van der Waals surface area contributed by atoms with Crippen LogP contribution in [0.2, 0.25) is 5.02 Å². The third-order valence-electron chi connectivity index (χ3n) is 6.44. The SMILES string of the molecule is COc1ccc2[nH]cc(CCN3C(=O)C(=O)/C(=C(\O)c4ccc(F)cc4)C3c3ccc(Cl)cc3)c2c1. The summed E-state index contributed by atoms with van der Waals surface area (Å²) in [5.74, 6) is -1.62. The number of aromatic amines is 1. The number of Topliss-reactive ketones (excluding diaryl/α,β-unsaturated/α-hetero) is 1. The van der Waals surface area contributed by atoms with Crippen molar-refractivity contribution in [1.82, 2.24) is 9.88 Å². The number of halogens is 2. The monoisotopic (exact) mass is 504 g/mol. The van der Waals surface area contributed by atoms with Crippen LogP contribution in [0.1, 0.15) is 22.7 Å². The number of ketones is 1. The first-order chi connectivity index (χ1) is 17.4. The zero-order valence-electron chi connectivity index (χ0n) is 19.3. The van der Waals surface area contributed by atoms with E-state index in [1.54, 1.807) is 31.4 Å².